The van der Waals surface area contributed by atoms with Crippen molar-refractivity contribution >= 4 is 29.0 Å². The fourth-order valence-corrected chi connectivity index (χ4v) is 4.03. The van der Waals surface area contributed by atoms with Crippen LogP contribution in [-0.4, -0.2) is 29.8 Å². The highest BCUT2D eigenvalue weighted by atomic mass is 32.2. The summed E-state index contributed by atoms with van der Waals surface area (Å²) in [6.45, 7) is 2.65. The minimum absolute atomic E-state index is 0.0268. The number of aryl methyl sites for hydroxylation is 1. The van der Waals surface area contributed by atoms with Gasteiger partial charge in [-0.2, -0.15) is 11.8 Å². The standard InChI is InChI=1S/C21H22N2O2S2/c1-16-14-27-21(23-16)18-7-9-19(10-8-18)25-13-20(24)22-11-12-26-15-17-5-3-2-4-6-17/h2-10,14H,11-13,15H2,1H3,(H,22,24). The van der Waals surface area contributed by atoms with Crippen molar-refractivity contribution in [3.8, 4) is 16.3 Å². The van der Waals surface area contributed by atoms with Gasteiger partial charge in [0, 0.05) is 34.7 Å². The van der Waals surface area contributed by atoms with Gasteiger partial charge in [-0.1, -0.05) is 30.3 Å². The maximum atomic E-state index is 11.9. The van der Waals surface area contributed by atoms with Crippen molar-refractivity contribution < 1.29 is 9.53 Å². The summed E-state index contributed by atoms with van der Waals surface area (Å²) in [5, 5.41) is 5.91. The summed E-state index contributed by atoms with van der Waals surface area (Å²) in [6.07, 6.45) is 0. The van der Waals surface area contributed by atoms with Crippen LogP contribution >= 0.6 is 23.1 Å². The van der Waals surface area contributed by atoms with E-state index >= 15 is 0 Å². The fourth-order valence-electron chi connectivity index (χ4n) is 2.41. The van der Waals surface area contributed by atoms with Crippen LogP contribution in [0.5, 0.6) is 5.75 Å². The Hall–Kier alpha value is -2.31. The van der Waals surface area contributed by atoms with Gasteiger partial charge in [-0.15, -0.1) is 11.3 Å². The lowest BCUT2D eigenvalue weighted by molar-refractivity contribution is -0.122. The molecule has 1 amide bonds. The minimum Gasteiger partial charge on any atom is -0.484 e. The normalized spacial score (nSPS) is 10.6. The van der Waals surface area contributed by atoms with E-state index < -0.39 is 0 Å². The largest absolute Gasteiger partial charge is 0.484 e. The molecule has 3 aromatic rings. The first-order chi connectivity index (χ1) is 13.2. The van der Waals surface area contributed by atoms with Crippen LogP contribution in [0.2, 0.25) is 0 Å². The lowest BCUT2D eigenvalue weighted by Gasteiger charge is -2.08. The van der Waals surface area contributed by atoms with Crippen LogP contribution in [-0.2, 0) is 10.5 Å². The highest BCUT2D eigenvalue weighted by molar-refractivity contribution is 7.98. The minimum atomic E-state index is -0.102. The molecule has 1 heterocycles. The second kappa shape index (κ2) is 10.1. The average molecular weight is 399 g/mol. The monoisotopic (exact) mass is 398 g/mol. The fraction of sp³-hybridized carbons (Fsp3) is 0.238. The molecule has 0 spiro atoms. The van der Waals surface area contributed by atoms with Gasteiger partial charge in [0.1, 0.15) is 10.8 Å². The van der Waals surface area contributed by atoms with Crippen molar-refractivity contribution in [2.75, 3.05) is 18.9 Å². The molecular formula is C21H22N2O2S2. The highest BCUT2D eigenvalue weighted by Gasteiger charge is 2.05. The lowest BCUT2D eigenvalue weighted by atomic mass is 10.2. The van der Waals surface area contributed by atoms with Gasteiger partial charge in [0.2, 0.25) is 0 Å². The Balaban J connectivity index is 1.33. The van der Waals surface area contributed by atoms with Crippen molar-refractivity contribution in [1.29, 1.82) is 0 Å². The second-order valence-corrected chi connectivity index (χ2v) is 7.96. The van der Waals surface area contributed by atoms with Crippen LogP contribution < -0.4 is 10.1 Å². The molecule has 0 radical (unpaired) electrons. The Morgan fingerprint density at radius 3 is 2.63 bits per heavy atom. The SMILES string of the molecule is Cc1csc(-c2ccc(OCC(=O)NCCSCc3ccccc3)cc2)n1. The Bertz CT molecular complexity index is 848. The van der Waals surface area contributed by atoms with Crippen molar-refractivity contribution in [2.45, 2.75) is 12.7 Å². The summed E-state index contributed by atoms with van der Waals surface area (Å²) >= 11 is 3.42. The summed E-state index contributed by atoms with van der Waals surface area (Å²) in [5.41, 5.74) is 3.38. The van der Waals surface area contributed by atoms with E-state index in [1.165, 1.54) is 5.56 Å². The molecule has 0 saturated heterocycles. The molecule has 3 rings (SSSR count). The molecule has 140 valence electrons. The lowest BCUT2D eigenvalue weighted by Crippen LogP contribution is -2.30. The number of nitrogens with zero attached hydrogens (tertiary/aromatic N) is 1. The predicted octanol–water partition coefficient (Wildman–Crippen LogP) is 4.55. The van der Waals surface area contributed by atoms with E-state index in [0.29, 0.717) is 12.3 Å². The van der Waals surface area contributed by atoms with E-state index in [1.807, 2.05) is 54.8 Å². The molecule has 0 aliphatic rings. The third kappa shape index (κ3) is 6.41. The van der Waals surface area contributed by atoms with Crippen LogP contribution in [0.1, 0.15) is 11.3 Å². The van der Waals surface area contributed by atoms with E-state index in [0.717, 1.165) is 27.8 Å². The van der Waals surface area contributed by atoms with Gasteiger partial charge in [-0.05, 0) is 36.8 Å². The molecule has 0 fully saturated rings. The molecule has 1 aromatic heterocycles. The number of thioether (sulfide) groups is 1. The third-order valence-corrected chi connectivity index (χ3v) is 5.81. The maximum absolute atomic E-state index is 11.9. The van der Waals surface area contributed by atoms with Crippen LogP contribution in [0.4, 0.5) is 0 Å². The summed E-state index contributed by atoms with van der Waals surface area (Å²) in [4.78, 5) is 16.4. The number of ether oxygens (including phenoxy) is 1. The number of carbonyl (C=O) groups is 1. The van der Waals surface area contributed by atoms with E-state index in [2.05, 4.69) is 22.4 Å². The first kappa shape index (κ1) is 19.5. The Kier molecular flexibility index (Phi) is 7.30. The summed E-state index contributed by atoms with van der Waals surface area (Å²) < 4.78 is 5.55. The molecule has 6 heteroatoms. The van der Waals surface area contributed by atoms with Crippen molar-refractivity contribution in [2.24, 2.45) is 0 Å². The number of hydrogen-bond donors (Lipinski definition) is 1. The van der Waals surface area contributed by atoms with Gasteiger partial charge in [0.15, 0.2) is 6.61 Å². The van der Waals surface area contributed by atoms with Crippen molar-refractivity contribution in [1.82, 2.24) is 10.3 Å². The van der Waals surface area contributed by atoms with Crippen LogP contribution in [0.25, 0.3) is 10.6 Å². The molecule has 0 bridgehead atoms. The van der Waals surface area contributed by atoms with Crippen LogP contribution in [0.3, 0.4) is 0 Å². The first-order valence-electron chi connectivity index (χ1n) is 8.74. The summed E-state index contributed by atoms with van der Waals surface area (Å²) in [5.74, 6) is 2.41. The number of rotatable bonds is 9. The highest BCUT2D eigenvalue weighted by Crippen LogP contribution is 2.25. The van der Waals surface area contributed by atoms with E-state index in [1.54, 1.807) is 23.1 Å². The van der Waals surface area contributed by atoms with Crippen molar-refractivity contribution in [3.05, 3.63) is 71.2 Å². The average Bonchev–Trinajstić information content (AvgIpc) is 3.14. The Labute approximate surface area is 168 Å². The van der Waals surface area contributed by atoms with Gasteiger partial charge < -0.3 is 10.1 Å². The van der Waals surface area contributed by atoms with E-state index in [4.69, 9.17) is 4.74 Å². The number of thiazole rings is 1. The molecule has 27 heavy (non-hydrogen) atoms. The zero-order valence-electron chi connectivity index (χ0n) is 15.2. The third-order valence-electron chi connectivity index (χ3n) is 3.77. The number of aromatic nitrogens is 1. The molecule has 2 aromatic carbocycles. The number of nitrogens with one attached hydrogen (secondary N) is 1. The molecule has 0 aliphatic heterocycles. The number of carbonyl (C=O) groups excluding carboxylic acids is 1. The molecule has 0 aliphatic carbocycles. The molecule has 0 saturated carbocycles. The number of amides is 1. The summed E-state index contributed by atoms with van der Waals surface area (Å²) in [7, 11) is 0. The van der Waals surface area contributed by atoms with Crippen LogP contribution in [0, 0.1) is 6.92 Å². The Morgan fingerprint density at radius 1 is 1.15 bits per heavy atom. The molecule has 0 atom stereocenters. The summed E-state index contributed by atoms with van der Waals surface area (Å²) in [6, 6.07) is 18.0. The maximum Gasteiger partial charge on any atom is 0.257 e. The number of hydrogen-bond acceptors (Lipinski definition) is 5. The van der Waals surface area contributed by atoms with Crippen LogP contribution in [0.15, 0.2) is 60.0 Å². The zero-order chi connectivity index (χ0) is 18.9. The van der Waals surface area contributed by atoms with E-state index in [-0.39, 0.29) is 12.5 Å². The predicted molar refractivity (Wildman–Crippen MR) is 113 cm³/mol. The van der Waals surface area contributed by atoms with Gasteiger partial charge in [0.05, 0.1) is 0 Å². The van der Waals surface area contributed by atoms with Gasteiger partial charge in [0.25, 0.3) is 5.91 Å². The smallest absolute Gasteiger partial charge is 0.257 e. The van der Waals surface area contributed by atoms with Gasteiger partial charge in [-0.25, -0.2) is 4.98 Å². The Morgan fingerprint density at radius 2 is 1.93 bits per heavy atom. The number of benzene rings is 2. The zero-order valence-corrected chi connectivity index (χ0v) is 16.8. The second-order valence-electron chi connectivity index (χ2n) is 6.00. The molecule has 1 N–H and O–H groups in total. The van der Waals surface area contributed by atoms with Gasteiger partial charge >= 0.3 is 0 Å². The van der Waals surface area contributed by atoms with Crippen molar-refractivity contribution in [3.63, 3.8) is 0 Å². The molecular weight excluding hydrogens is 376 g/mol. The molecule has 4 nitrogen and oxygen atoms in total. The first-order valence-corrected chi connectivity index (χ1v) is 10.8. The van der Waals surface area contributed by atoms with Gasteiger partial charge in [-0.3, -0.25) is 4.79 Å². The molecule has 0 unspecified atom stereocenters. The topological polar surface area (TPSA) is 51.2 Å². The quantitative estimate of drug-likeness (QED) is 0.538. The van der Waals surface area contributed by atoms with E-state index in [9.17, 15) is 4.79 Å².